The van der Waals surface area contributed by atoms with E-state index in [1.54, 1.807) is 6.20 Å². The van der Waals surface area contributed by atoms with Crippen molar-refractivity contribution in [2.75, 3.05) is 17.6 Å². The second-order valence-electron chi connectivity index (χ2n) is 3.39. The smallest absolute Gasteiger partial charge is 0.221 e. The van der Waals surface area contributed by atoms with Gasteiger partial charge in [0.2, 0.25) is 5.95 Å². The molecule has 78 valence electrons. The molecule has 3 N–H and O–H groups in total. The van der Waals surface area contributed by atoms with Crippen molar-refractivity contribution in [3.63, 3.8) is 0 Å². The Kier molecular flexibility index (Phi) is 4.16. The SMILES string of the molecule is CCCCCNc1nc(N)ncc1C. The van der Waals surface area contributed by atoms with E-state index in [0.717, 1.165) is 17.9 Å². The number of nitrogens with one attached hydrogen (secondary N) is 1. The first-order valence-electron chi connectivity index (χ1n) is 5.07. The van der Waals surface area contributed by atoms with Gasteiger partial charge in [0.25, 0.3) is 0 Å². The van der Waals surface area contributed by atoms with Crippen LogP contribution in [0.3, 0.4) is 0 Å². The summed E-state index contributed by atoms with van der Waals surface area (Å²) in [4.78, 5) is 8.04. The van der Waals surface area contributed by atoms with Gasteiger partial charge < -0.3 is 11.1 Å². The molecule has 1 rings (SSSR count). The average molecular weight is 194 g/mol. The van der Waals surface area contributed by atoms with E-state index in [2.05, 4.69) is 22.2 Å². The van der Waals surface area contributed by atoms with Crippen LogP contribution in [-0.2, 0) is 0 Å². The van der Waals surface area contributed by atoms with E-state index in [1.807, 2.05) is 6.92 Å². The number of nitrogens with two attached hydrogens (primary N) is 1. The Labute approximate surface area is 85.0 Å². The third-order valence-corrected chi connectivity index (χ3v) is 2.06. The van der Waals surface area contributed by atoms with Crippen molar-refractivity contribution in [1.82, 2.24) is 9.97 Å². The maximum atomic E-state index is 5.50. The molecule has 0 saturated heterocycles. The fraction of sp³-hybridized carbons (Fsp3) is 0.600. The summed E-state index contributed by atoms with van der Waals surface area (Å²) in [6.07, 6.45) is 5.38. The van der Waals surface area contributed by atoms with Crippen LogP contribution in [0.1, 0.15) is 31.7 Å². The highest BCUT2D eigenvalue weighted by Crippen LogP contribution is 2.10. The third kappa shape index (κ3) is 3.20. The highest BCUT2D eigenvalue weighted by molar-refractivity contribution is 5.44. The molecule has 0 bridgehead atoms. The van der Waals surface area contributed by atoms with Gasteiger partial charge in [0.1, 0.15) is 5.82 Å². The minimum Gasteiger partial charge on any atom is -0.370 e. The summed E-state index contributed by atoms with van der Waals surface area (Å²) >= 11 is 0. The summed E-state index contributed by atoms with van der Waals surface area (Å²) in [6, 6.07) is 0. The fourth-order valence-electron chi connectivity index (χ4n) is 1.22. The summed E-state index contributed by atoms with van der Waals surface area (Å²) in [5.74, 6) is 1.18. The minimum absolute atomic E-state index is 0.327. The topological polar surface area (TPSA) is 63.8 Å². The summed E-state index contributed by atoms with van der Waals surface area (Å²) in [6.45, 7) is 5.11. The molecule has 0 radical (unpaired) electrons. The van der Waals surface area contributed by atoms with E-state index in [1.165, 1.54) is 19.3 Å². The number of aryl methyl sites for hydroxylation is 1. The predicted molar refractivity (Wildman–Crippen MR) is 59.2 cm³/mol. The zero-order valence-electron chi connectivity index (χ0n) is 8.88. The fourth-order valence-corrected chi connectivity index (χ4v) is 1.22. The summed E-state index contributed by atoms with van der Waals surface area (Å²) in [7, 11) is 0. The van der Waals surface area contributed by atoms with Crippen molar-refractivity contribution < 1.29 is 0 Å². The molecule has 0 unspecified atom stereocenters. The maximum Gasteiger partial charge on any atom is 0.221 e. The third-order valence-electron chi connectivity index (χ3n) is 2.06. The van der Waals surface area contributed by atoms with Crippen molar-refractivity contribution in [3.8, 4) is 0 Å². The lowest BCUT2D eigenvalue weighted by Crippen LogP contribution is -2.07. The Morgan fingerprint density at radius 1 is 1.43 bits per heavy atom. The summed E-state index contributed by atoms with van der Waals surface area (Å²) in [5, 5.41) is 3.26. The molecule has 0 aromatic carbocycles. The van der Waals surface area contributed by atoms with Crippen LogP contribution < -0.4 is 11.1 Å². The van der Waals surface area contributed by atoms with Crippen LogP contribution in [0.15, 0.2) is 6.20 Å². The van der Waals surface area contributed by atoms with E-state index >= 15 is 0 Å². The molecule has 1 aromatic heterocycles. The number of nitrogen functional groups attached to an aromatic ring is 1. The zero-order chi connectivity index (χ0) is 10.4. The van der Waals surface area contributed by atoms with E-state index in [9.17, 15) is 0 Å². The average Bonchev–Trinajstić information content (AvgIpc) is 2.18. The Morgan fingerprint density at radius 2 is 2.21 bits per heavy atom. The molecule has 0 aliphatic heterocycles. The van der Waals surface area contributed by atoms with Gasteiger partial charge in [-0.2, -0.15) is 4.98 Å². The number of aromatic nitrogens is 2. The van der Waals surface area contributed by atoms with Gasteiger partial charge in [-0.1, -0.05) is 19.8 Å². The first-order valence-corrected chi connectivity index (χ1v) is 5.07. The van der Waals surface area contributed by atoms with Crippen LogP contribution in [0.5, 0.6) is 0 Å². The number of hydrogen-bond acceptors (Lipinski definition) is 4. The largest absolute Gasteiger partial charge is 0.370 e. The number of unbranched alkanes of at least 4 members (excludes halogenated alkanes) is 2. The summed E-state index contributed by atoms with van der Waals surface area (Å²) < 4.78 is 0. The van der Waals surface area contributed by atoms with E-state index in [4.69, 9.17) is 5.73 Å². The minimum atomic E-state index is 0.327. The molecular formula is C10H18N4. The molecule has 4 nitrogen and oxygen atoms in total. The summed E-state index contributed by atoms with van der Waals surface area (Å²) in [5.41, 5.74) is 6.53. The van der Waals surface area contributed by atoms with Gasteiger partial charge in [0.05, 0.1) is 0 Å². The quantitative estimate of drug-likeness (QED) is 0.703. The monoisotopic (exact) mass is 194 g/mol. The van der Waals surface area contributed by atoms with Gasteiger partial charge >= 0.3 is 0 Å². The molecule has 0 saturated carbocycles. The highest BCUT2D eigenvalue weighted by atomic mass is 15.1. The Bertz CT molecular complexity index is 285. The normalized spacial score (nSPS) is 10.1. The molecule has 0 spiro atoms. The molecule has 4 heteroatoms. The Morgan fingerprint density at radius 3 is 2.93 bits per heavy atom. The van der Waals surface area contributed by atoms with Crippen LogP contribution >= 0.6 is 0 Å². The number of anilines is 2. The van der Waals surface area contributed by atoms with Crippen molar-refractivity contribution in [3.05, 3.63) is 11.8 Å². The van der Waals surface area contributed by atoms with Crippen molar-refractivity contribution in [2.24, 2.45) is 0 Å². The first-order chi connectivity index (χ1) is 6.74. The molecule has 0 atom stereocenters. The van der Waals surface area contributed by atoms with Crippen molar-refractivity contribution in [1.29, 1.82) is 0 Å². The Hall–Kier alpha value is -1.32. The number of nitrogens with zero attached hydrogens (tertiary/aromatic N) is 2. The van der Waals surface area contributed by atoms with Crippen molar-refractivity contribution in [2.45, 2.75) is 33.1 Å². The first kappa shape index (κ1) is 10.8. The zero-order valence-corrected chi connectivity index (χ0v) is 8.88. The lowest BCUT2D eigenvalue weighted by Gasteiger charge is -2.07. The molecule has 1 heterocycles. The molecule has 14 heavy (non-hydrogen) atoms. The highest BCUT2D eigenvalue weighted by Gasteiger charge is 1.99. The molecule has 0 amide bonds. The molecule has 0 fully saturated rings. The van der Waals surface area contributed by atoms with Crippen LogP contribution in [-0.4, -0.2) is 16.5 Å². The van der Waals surface area contributed by atoms with E-state index < -0.39 is 0 Å². The Balaban J connectivity index is 2.45. The van der Waals surface area contributed by atoms with Gasteiger partial charge in [0.15, 0.2) is 0 Å². The van der Waals surface area contributed by atoms with Gasteiger partial charge in [0, 0.05) is 18.3 Å². The maximum absolute atomic E-state index is 5.50. The molecule has 1 aromatic rings. The van der Waals surface area contributed by atoms with E-state index in [-0.39, 0.29) is 0 Å². The molecule has 0 aliphatic rings. The van der Waals surface area contributed by atoms with Crippen molar-refractivity contribution >= 4 is 11.8 Å². The van der Waals surface area contributed by atoms with Gasteiger partial charge in [-0.05, 0) is 13.3 Å². The standard InChI is InChI=1S/C10H18N4/c1-3-4-5-6-12-9-8(2)7-13-10(11)14-9/h7H,3-6H2,1-2H3,(H3,11,12,13,14). The van der Waals surface area contributed by atoms with Crippen LogP contribution in [0.4, 0.5) is 11.8 Å². The van der Waals surface area contributed by atoms with Crippen LogP contribution in [0.25, 0.3) is 0 Å². The number of hydrogen-bond donors (Lipinski definition) is 2. The van der Waals surface area contributed by atoms with E-state index in [0.29, 0.717) is 5.95 Å². The second-order valence-corrected chi connectivity index (χ2v) is 3.39. The molecular weight excluding hydrogens is 176 g/mol. The second kappa shape index (κ2) is 5.42. The van der Waals surface area contributed by atoms with Crippen LogP contribution in [0, 0.1) is 6.92 Å². The molecule has 0 aliphatic carbocycles. The van der Waals surface area contributed by atoms with Gasteiger partial charge in [-0.3, -0.25) is 0 Å². The number of rotatable bonds is 5. The predicted octanol–water partition coefficient (Wildman–Crippen LogP) is 1.97. The van der Waals surface area contributed by atoms with Gasteiger partial charge in [-0.15, -0.1) is 0 Å². The van der Waals surface area contributed by atoms with Crippen LogP contribution in [0.2, 0.25) is 0 Å². The lowest BCUT2D eigenvalue weighted by molar-refractivity contribution is 0.742. The lowest BCUT2D eigenvalue weighted by atomic mass is 10.2. The van der Waals surface area contributed by atoms with Gasteiger partial charge in [-0.25, -0.2) is 4.98 Å².